The van der Waals surface area contributed by atoms with Crippen LogP contribution in [0.1, 0.15) is 65.7 Å². The van der Waals surface area contributed by atoms with E-state index in [1.54, 1.807) is 0 Å². The van der Waals surface area contributed by atoms with Crippen molar-refractivity contribution in [3.05, 3.63) is 11.4 Å². The Bertz CT molecular complexity index is 338. The summed E-state index contributed by atoms with van der Waals surface area (Å²) in [6, 6.07) is 0.0733. The smallest absolute Gasteiger partial charge is 0.223 e. The van der Waals surface area contributed by atoms with Crippen molar-refractivity contribution in [1.29, 1.82) is 0 Å². The van der Waals surface area contributed by atoms with Crippen LogP contribution in [0.4, 0.5) is 0 Å². The Labute approximate surface area is 117 Å². The lowest BCUT2D eigenvalue weighted by atomic mass is 9.83. The summed E-state index contributed by atoms with van der Waals surface area (Å²) >= 11 is 0. The fourth-order valence-electron chi connectivity index (χ4n) is 3.65. The molecule has 0 N–H and O–H groups in total. The first-order valence-electron chi connectivity index (χ1n) is 7.83. The van der Waals surface area contributed by atoms with Gasteiger partial charge in [0.1, 0.15) is 0 Å². The number of fused-ring (bicyclic) bond motifs is 1. The van der Waals surface area contributed by atoms with E-state index in [-0.39, 0.29) is 23.9 Å². The summed E-state index contributed by atoms with van der Waals surface area (Å²) in [4.78, 5) is 3.60. The highest BCUT2D eigenvalue weighted by molar-refractivity contribution is 5.01. The predicted molar refractivity (Wildman–Crippen MR) is 76.0 cm³/mol. The number of hydrogen-bond acceptors (Lipinski definition) is 2. The van der Waals surface area contributed by atoms with E-state index in [1.165, 1.54) is 6.42 Å². The Hall–Kier alpha value is -0.590. The molecule has 2 aliphatic rings. The highest BCUT2D eigenvalue weighted by Gasteiger charge is 2.51. The van der Waals surface area contributed by atoms with E-state index in [4.69, 9.17) is 16.0 Å². The Morgan fingerprint density at radius 2 is 2.11 bits per heavy atom. The van der Waals surface area contributed by atoms with Crippen molar-refractivity contribution in [2.45, 2.75) is 95.7 Å². The molecule has 2 saturated heterocycles. The Morgan fingerprint density at radius 3 is 2.74 bits per heavy atom. The van der Waals surface area contributed by atoms with E-state index in [0.29, 0.717) is 6.10 Å². The van der Waals surface area contributed by atoms with Gasteiger partial charge in [-0.25, -0.2) is 6.57 Å². The van der Waals surface area contributed by atoms with Gasteiger partial charge in [-0.2, -0.15) is 0 Å². The molecule has 0 spiro atoms. The van der Waals surface area contributed by atoms with Crippen LogP contribution in [0.15, 0.2) is 0 Å². The number of nitrogens with zero attached hydrogens (tertiary/aromatic N) is 1. The Kier molecular flexibility index (Phi) is 4.86. The van der Waals surface area contributed by atoms with Gasteiger partial charge in [0.05, 0.1) is 23.9 Å². The van der Waals surface area contributed by atoms with Crippen LogP contribution in [0, 0.1) is 6.57 Å². The molecule has 0 amide bonds. The van der Waals surface area contributed by atoms with Gasteiger partial charge in [-0.1, -0.05) is 20.3 Å². The van der Waals surface area contributed by atoms with Crippen molar-refractivity contribution < 1.29 is 9.47 Å². The second-order valence-corrected chi connectivity index (χ2v) is 6.19. The van der Waals surface area contributed by atoms with E-state index < -0.39 is 0 Å². The van der Waals surface area contributed by atoms with E-state index in [1.807, 2.05) is 6.92 Å². The van der Waals surface area contributed by atoms with Crippen molar-refractivity contribution in [2.75, 3.05) is 0 Å². The minimum atomic E-state index is -0.0650. The molecule has 0 saturated carbocycles. The first-order chi connectivity index (χ1) is 9.13. The van der Waals surface area contributed by atoms with Crippen LogP contribution < -0.4 is 0 Å². The predicted octanol–water partition coefficient (Wildman–Crippen LogP) is 3.97. The van der Waals surface area contributed by atoms with Gasteiger partial charge < -0.3 is 14.3 Å². The normalized spacial score (nSPS) is 39.6. The highest BCUT2D eigenvalue weighted by atomic mass is 16.6. The Morgan fingerprint density at radius 1 is 1.32 bits per heavy atom. The lowest BCUT2D eigenvalue weighted by molar-refractivity contribution is -0.168. The molecule has 3 heteroatoms. The van der Waals surface area contributed by atoms with Crippen LogP contribution in [0.5, 0.6) is 0 Å². The summed E-state index contributed by atoms with van der Waals surface area (Å²) in [6.07, 6.45) is 8.33. The molecule has 108 valence electrons. The first kappa shape index (κ1) is 14.8. The largest absolute Gasteiger partial charge is 0.372 e. The van der Waals surface area contributed by atoms with Gasteiger partial charge in [0, 0.05) is 19.8 Å². The van der Waals surface area contributed by atoms with Crippen LogP contribution >= 0.6 is 0 Å². The summed E-state index contributed by atoms with van der Waals surface area (Å²) in [5, 5.41) is 0. The monoisotopic (exact) mass is 265 g/mol. The zero-order valence-corrected chi connectivity index (χ0v) is 12.5. The van der Waals surface area contributed by atoms with Crippen LogP contribution in [0.3, 0.4) is 0 Å². The third-order valence-corrected chi connectivity index (χ3v) is 4.70. The van der Waals surface area contributed by atoms with Crippen LogP contribution in [0.25, 0.3) is 4.85 Å². The van der Waals surface area contributed by atoms with Gasteiger partial charge in [0.25, 0.3) is 0 Å². The molecule has 2 aliphatic heterocycles. The van der Waals surface area contributed by atoms with E-state index in [2.05, 4.69) is 18.7 Å². The standard InChI is InChI=1S/C16H27NO2/c1-5-7-14-11-16(6-2)15(18-14)9-8-13(19-16)10-12(3)17-4/h12-15H,5-11H2,1-3H3/t12-,13-,14?,15+,16+/m1/s1. The summed E-state index contributed by atoms with van der Waals surface area (Å²) in [5.41, 5.74) is -0.0650. The molecule has 5 atom stereocenters. The van der Waals surface area contributed by atoms with Crippen molar-refractivity contribution in [3.8, 4) is 0 Å². The molecule has 3 nitrogen and oxygen atoms in total. The lowest BCUT2D eigenvalue weighted by Gasteiger charge is -2.41. The molecule has 0 aromatic heterocycles. The van der Waals surface area contributed by atoms with Crippen LogP contribution in [-0.2, 0) is 9.47 Å². The van der Waals surface area contributed by atoms with Gasteiger partial charge in [-0.3, -0.25) is 0 Å². The van der Waals surface area contributed by atoms with Crippen molar-refractivity contribution in [1.82, 2.24) is 0 Å². The van der Waals surface area contributed by atoms with E-state index in [0.717, 1.165) is 38.5 Å². The summed E-state index contributed by atoms with van der Waals surface area (Å²) < 4.78 is 12.6. The van der Waals surface area contributed by atoms with Gasteiger partial charge in [-0.05, 0) is 25.7 Å². The first-order valence-corrected chi connectivity index (χ1v) is 7.83. The molecule has 0 radical (unpaired) electrons. The molecule has 0 aliphatic carbocycles. The van der Waals surface area contributed by atoms with Gasteiger partial charge in [0.15, 0.2) is 0 Å². The lowest BCUT2D eigenvalue weighted by Crippen LogP contribution is -2.48. The zero-order valence-electron chi connectivity index (χ0n) is 12.5. The SMILES string of the molecule is [C-]#[N+][C@H](C)C[C@H]1CC[C@@H]2OC(CCC)C[C@]2(CC)O1. The van der Waals surface area contributed by atoms with Crippen LogP contribution in [0.2, 0.25) is 0 Å². The minimum Gasteiger partial charge on any atom is -0.372 e. The Balaban J connectivity index is 2.00. The summed E-state index contributed by atoms with van der Waals surface area (Å²) in [6.45, 7) is 13.5. The fourth-order valence-corrected chi connectivity index (χ4v) is 3.65. The molecule has 2 fully saturated rings. The molecule has 2 rings (SSSR count). The molecule has 0 bridgehead atoms. The topological polar surface area (TPSA) is 22.8 Å². The summed E-state index contributed by atoms with van der Waals surface area (Å²) in [5.74, 6) is 0. The van der Waals surface area contributed by atoms with Gasteiger partial charge in [0.2, 0.25) is 6.04 Å². The third-order valence-electron chi connectivity index (χ3n) is 4.70. The number of rotatable bonds is 5. The average molecular weight is 265 g/mol. The van der Waals surface area contributed by atoms with Crippen molar-refractivity contribution in [2.24, 2.45) is 0 Å². The van der Waals surface area contributed by atoms with Crippen LogP contribution in [-0.4, -0.2) is 30.0 Å². The molecule has 19 heavy (non-hydrogen) atoms. The third kappa shape index (κ3) is 3.12. The molecule has 1 unspecified atom stereocenters. The number of ether oxygens (including phenoxy) is 2. The maximum absolute atomic E-state index is 7.10. The quantitative estimate of drug-likeness (QED) is 0.702. The maximum Gasteiger partial charge on any atom is 0.223 e. The summed E-state index contributed by atoms with van der Waals surface area (Å²) in [7, 11) is 0. The van der Waals surface area contributed by atoms with Gasteiger partial charge >= 0.3 is 0 Å². The molecule has 0 aromatic carbocycles. The molecular weight excluding hydrogens is 238 g/mol. The molecule has 0 aromatic rings. The highest BCUT2D eigenvalue weighted by Crippen LogP contribution is 2.45. The zero-order chi connectivity index (χ0) is 13.9. The second kappa shape index (κ2) is 6.24. The maximum atomic E-state index is 7.10. The van der Waals surface area contributed by atoms with Crippen molar-refractivity contribution >= 4 is 0 Å². The van der Waals surface area contributed by atoms with Crippen molar-refractivity contribution in [3.63, 3.8) is 0 Å². The number of hydrogen-bond donors (Lipinski definition) is 0. The van der Waals surface area contributed by atoms with Gasteiger partial charge in [-0.15, -0.1) is 0 Å². The minimum absolute atomic E-state index is 0.0650. The average Bonchev–Trinajstić information content (AvgIpc) is 2.77. The van der Waals surface area contributed by atoms with E-state index >= 15 is 0 Å². The fraction of sp³-hybridized carbons (Fsp3) is 0.938. The van der Waals surface area contributed by atoms with E-state index in [9.17, 15) is 0 Å². The molecule has 2 heterocycles. The molecular formula is C16H27NO2. The second-order valence-electron chi connectivity index (χ2n) is 6.19.